The Morgan fingerprint density at radius 1 is 0.302 bits per heavy atom. The van der Waals surface area contributed by atoms with Gasteiger partial charge in [0.25, 0.3) is 0 Å². The molecule has 246 valence electrons. The van der Waals surface area contributed by atoms with E-state index in [1.54, 1.807) is 0 Å². The van der Waals surface area contributed by atoms with E-state index in [0.29, 0.717) is 0 Å². The molecule has 0 aliphatic carbocycles. The molecule has 3 aromatic heterocycles. The number of aromatic nitrogens is 4. The summed E-state index contributed by atoms with van der Waals surface area (Å²) in [4.78, 5) is 5.45. The quantitative estimate of drug-likeness (QED) is 0.179. The second-order valence-electron chi connectivity index (χ2n) is 14.0. The van der Waals surface area contributed by atoms with Crippen LogP contribution in [0.15, 0.2) is 182 Å². The van der Waals surface area contributed by atoms with E-state index in [-0.39, 0.29) is 0 Å². The monoisotopic (exact) mass is 674 g/mol. The zero-order valence-corrected chi connectivity index (χ0v) is 28.6. The molecule has 0 saturated carbocycles. The van der Waals surface area contributed by atoms with Gasteiger partial charge in [-0.2, -0.15) is 0 Å². The van der Waals surface area contributed by atoms with E-state index in [1.807, 2.05) is 0 Å². The molecule has 0 fully saturated rings. The largest absolute Gasteiger partial charge is 0.309 e. The highest BCUT2D eigenvalue weighted by atomic mass is 15.1. The first-order chi connectivity index (χ1) is 26.3. The number of hydrogen-bond donors (Lipinski definition) is 0. The van der Waals surface area contributed by atoms with Crippen molar-refractivity contribution < 1.29 is 0 Å². The van der Waals surface area contributed by atoms with E-state index in [1.165, 1.54) is 65.9 Å². The van der Waals surface area contributed by atoms with Crippen molar-refractivity contribution in [1.82, 2.24) is 18.7 Å². The van der Waals surface area contributed by atoms with Crippen LogP contribution in [0.2, 0.25) is 0 Å². The molecule has 1 aliphatic rings. The van der Waals surface area contributed by atoms with Crippen LogP contribution in [0.25, 0.3) is 105 Å². The first kappa shape index (κ1) is 28.5. The molecule has 1 aliphatic heterocycles. The molecule has 53 heavy (non-hydrogen) atoms. The van der Waals surface area contributed by atoms with Crippen molar-refractivity contribution in [2.45, 2.75) is 0 Å². The molecular formula is C49H30N4. The molecule has 0 bridgehead atoms. The van der Waals surface area contributed by atoms with Crippen molar-refractivity contribution in [3.05, 3.63) is 182 Å². The number of para-hydroxylation sites is 4. The summed E-state index contributed by atoms with van der Waals surface area (Å²) in [6, 6.07) is 66.0. The standard InChI is InChI=1S/C49H30N4/c1-2-14-34-33(13-1)35-15-3-4-20-40(35)49-50-42-30-32(26-28-48(42)53(49)46-24-12-5-16-36(34)46)52-45-23-11-8-19-39(45)41-29-31(25-27-47(41)52)51-43-21-9-6-17-37(43)38-18-7-10-22-44(38)51/h1-30H. The third-order valence-electron chi connectivity index (χ3n) is 11.2. The van der Waals surface area contributed by atoms with Gasteiger partial charge in [0.2, 0.25) is 0 Å². The van der Waals surface area contributed by atoms with Gasteiger partial charge in [0.1, 0.15) is 5.82 Å². The van der Waals surface area contributed by atoms with Gasteiger partial charge in [-0.15, -0.1) is 0 Å². The smallest absolute Gasteiger partial charge is 0.146 e. The van der Waals surface area contributed by atoms with Gasteiger partial charge in [-0.1, -0.05) is 121 Å². The zero-order valence-electron chi connectivity index (χ0n) is 28.6. The van der Waals surface area contributed by atoms with Crippen molar-refractivity contribution in [1.29, 1.82) is 0 Å². The van der Waals surface area contributed by atoms with Crippen LogP contribution < -0.4 is 0 Å². The van der Waals surface area contributed by atoms with Crippen molar-refractivity contribution in [2.24, 2.45) is 0 Å². The predicted molar refractivity (Wildman–Crippen MR) is 220 cm³/mol. The Labute approximate surface area is 305 Å². The van der Waals surface area contributed by atoms with E-state index in [2.05, 4.69) is 196 Å². The zero-order chi connectivity index (χ0) is 34.6. The summed E-state index contributed by atoms with van der Waals surface area (Å²) < 4.78 is 7.15. The Morgan fingerprint density at radius 3 is 1.38 bits per heavy atom. The van der Waals surface area contributed by atoms with E-state index in [9.17, 15) is 0 Å². The first-order valence-electron chi connectivity index (χ1n) is 18.1. The molecule has 0 unspecified atom stereocenters. The van der Waals surface area contributed by atoms with Crippen LogP contribution >= 0.6 is 0 Å². The van der Waals surface area contributed by atoms with Crippen LogP contribution in [0.4, 0.5) is 0 Å². The highest BCUT2D eigenvalue weighted by Gasteiger charge is 2.25. The van der Waals surface area contributed by atoms with Crippen LogP contribution in [0, 0.1) is 0 Å². The molecule has 4 heteroatoms. The summed E-state index contributed by atoms with van der Waals surface area (Å²) >= 11 is 0. The maximum Gasteiger partial charge on any atom is 0.146 e. The molecular weight excluding hydrogens is 645 g/mol. The number of rotatable bonds is 2. The highest BCUT2D eigenvalue weighted by Crippen LogP contribution is 2.45. The van der Waals surface area contributed by atoms with Gasteiger partial charge in [0, 0.05) is 44.0 Å². The van der Waals surface area contributed by atoms with Crippen molar-refractivity contribution in [3.63, 3.8) is 0 Å². The molecule has 4 heterocycles. The van der Waals surface area contributed by atoms with Crippen LogP contribution in [-0.4, -0.2) is 18.7 Å². The first-order valence-corrected chi connectivity index (χ1v) is 18.1. The van der Waals surface area contributed by atoms with Gasteiger partial charge >= 0.3 is 0 Å². The molecule has 11 aromatic rings. The minimum absolute atomic E-state index is 0.952. The van der Waals surface area contributed by atoms with Crippen LogP contribution in [0.3, 0.4) is 0 Å². The number of hydrogen-bond acceptors (Lipinski definition) is 1. The molecule has 0 saturated heterocycles. The maximum absolute atomic E-state index is 5.45. The summed E-state index contributed by atoms with van der Waals surface area (Å²) in [5.41, 5.74) is 16.1. The van der Waals surface area contributed by atoms with Crippen molar-refractivity contribution >= 4 is 54.6 Å². The Hall–Kier alpha value is -7.17. The van der Waals surface area contributed by atoms with Crippen molar-refractivity contribution in [2.75, 3.05) is 0 Å². The van der Waals surface area contributed by atoms with Gasteiger partial charge in [-0.25, -0.2) is 4.98 Å². The molecule has 12 rings (SSSR count). The van der Waals surface area contributed by atoms with E-state index in [4.69, 9.17) is 4.98 Å². The topological polar surface area (TPSA) is 27.7 Å². The average molecular weight is 675 g/mol. The third-order valence-corrected chi connectivity index (χ3v) is 11.2. The summed E-state index contributed by atoms with van der Waals surface area (Å²) in [6.07, 6.45) is 0. The summed E-state index contributed by atoms with van der Waals surface area (Å²) in [6.45, 7) is 0. The third kappa shape index (κ3) is 3.92. The highest BCUT2D eigenvalue weighted by molar-refractivity contribution is 6.12. The number of benzene rings is 8. The normalized spacial score (nSPS) is 12.2. The van der Waals surface area contributed by atoms with Crippen LogP contribution in [0.1, 0.15) is 0 Å². The summed E-state index contributed by atoms with van der Waals surface area (Å²) in [5.74, 6) is 0.952. The lowest BCUT2D eigenvalue weighted by Gasteiger charge is -2.22. The minimum atomic E-state index is 0.952. The van der Waals surface area contributed by atoms with Gasteiger partial charge in [0.15, 0.2) is 0 Å². The van der Waals surface area contributed by atoms with Crippen molar-refractivity contribution in [3.8, 4) is 50.7 Å². The lowest BCUT2D eigenvalue weighted by Crippen LogP contribution is -2.04. The Bertz CT molecular complexity index is 3250. The fourth-order valence-corrected chi connectivity index (χ4v) is 8.97. The molecule has 0 amide bonds. The second kappa shape index (κ2) is 10.7. The molecule has 0 radical (unpaired) electrons. The SMILES string of the molecule is c1ccc2c(c1)-c1ccccc1-c1nc3cc(-n4c5ccccc5c5cc(-n6c7ccccc7c7ccccc76)ccc54)ccc3n1-c1ccccc1-2. The van der Waals surface area contributed by atoms with Gasteiger partial charge < -0.3 is 9.13 Å². The maximum atomic E-state index is 5.45. The minimum Gasteiger partial charge on any atom is -0.309 e. The fraction of sp³-hybridized carbons (Fsp3) is 0. The Balaban J connectivity index is 1.10. The van der Waals surface area contributed by atoms with Crippen LogP contribution in [-0.2, 0) is 0 Å². The summed E-state index contributed by atoms with van der Waals surface area (Å²) in [5, 5.41) is 4.98. The second-order valence-corrected chi connectivity index (χ2v) is 14.0. The number of fused-ring (bicyclic) bond motifs is 16. The van der Waals surface area contributed by atoms with Gasteiger partial charge in [0.05, 0.1) is 38.8 Å². The molecule has 0 N–H and O–H groups in total. The lowest BCUT2D eigenvalue weighted by atomic mass is 9.89. The van der Waals surface area contributed by atoms with Gasteiger partial charge in [-0.3, -0.25) is 4.57 Å². The molecule has 0 atom stereocenters. The molecule has 4 nitrogen and oxygen atoms in total. The molecule has 0 spiro atoms. The predicted octanol–water partition coefficient (Wildman–Crippen LogP) is 12.5. The van der Waals surface area contributed by atoms with E-state index in [0.717, 1.165) is 39.5 Å². The van der Waals surface area contributed by atoms with E-state index >= 15 is 0 Å². The van der Waals surface area contributed by atoms with E-state index < -0.39 is 0 Å². The molecule has 8 aromatic carbocycles. The fourth-order valence-electron chi connectivity index (χ4n) is 8.97. The Morgan fingerprint density at radius 2 is 0.736 bits per heavy atom. The van der Waals surface area contributed by atoms with Crippen LogP contribution in [0.5, 0.6) is 0 Å². The average Bonchev–Trinajstić information content (AvgIpc) is 3.87. The summed E-state index contributed by atoms with van der Waals surface area (Å²) in [7, 11) is 0. The number of imidazole rings is 1. The Kier molecular flexibility index (Phi) is 5.74. The number of nitrogens with zero attached hydrogens (tertiary/aromatic N) is 4. The lowest BCUT2D eigenvalue weighted by molar-refractivity contribution is 1.10. The van der Waals surface area contributed by atoms with Gasteiger partial charge in [-0.05, 0) is 77.4 Å².